The molecule has 98 valence electrons. The van der Waals surface area contributed by atoms with Crippen molar-refractivity contribution in [3.8, 4) is 6.07 Å². The van der Waals surface area contributed by atoms with Crippen LogP contribution >= 0.6 is 11.6 Å². The lowest BCUT2D eigenvalue weighted by Gasteiger charge is -2.18. The van der Waals surface area contributed by atoms with Gasteiger partial charge in [-0.25, -0.2) is 0 Å². The third-order valence-electron chi connectivity index (χ3n) is 2.55. The monoisotopic (exact) mass is 276 g/mol. The Morgan fingerprint density at radius 2 is 1.89 bits per heavy atom. The van der Waals surface area contributed by atoms with Gasteiger partial charge in [0.25, 0.3) is 0 Å². The molecule has 18 heavy (non-hydrogen) atoms. The van der Waals surface area contributed by atoms with E-state index in [9.17, 15) is 13.2 Å². The van der Waals surface area contributed by atoms with E-state index in [1.54, 1.807) is 31.2 Å². The Kier molecular flexibility index (Phi) is 5.00. The fraction of sp³-hybridized carbons (Fsp3) is 0.417. The van der Waals surface area contributed by atoms with Gasteiger partial charge < -0.3 is 5.32 Å². The summed E-state index contributed by atoms with van der Waals surface area (Å²) in [6, 6.07) is 7.77. The summed E-state index contributed by atoms with van der Waals surface area (Å²) in [5.74, 6) is -1.99. The van der Waals surface area contributed by atoms with Crippen LogP contribution in [0, 0.1) is 17.2 Å². The van der Waals surface area contributed by atoms with E-state index >= 15 is 0 Å². The molecule has 0 aliphatic heterocycles. The van der Waals surface area contributed by atoms with E-state index in [0.29, 0.717) is 5.02 Å². The number of halogens is 4. The van der Waals surface area contributed by atoms with Gasteiger partial charge in [0.05, 0.1) is 6.07 Å². The van der Waals surface area contributed by atoms with Crippen molar-refractivity contribution >= 4 is 11.6 Å². The molecule has 0 fully saturated rings. The van der Waals surface area contributed by atoms with Crippen molar-refractivity contribution in [3.05, 3.63) is 34.9 Å². The summed E-state index contributed by atoms with van der Waals surface area (Å²) in [6.45, 7) is 1.30. The second kappa shape index (κ2) is 6.07. The van der Waals surface area contributed by atoms with Crippen LogP contribution in [0.25, 0.3) is 0 Å². The van der Waals surface area contributed by atoms with Gasteiger partial charge in [0.2, 0.25) is 0 Å². The predicted molar refractivity (Wildman–Crippen MR) is 63.0 cm³/mol. The van der Waals surface area contributed by atoms with Crippen LogP contribution in [0.3, 0.4) is 0 Å². The van der Waals surface area contributed by atoms with E-state index in [1.807, 2.05) is 0 Å². The van der Waals surface area contributed by atoms with Crippen LogP contribution in [-0.2, 0) is 0 Å². The number of benzene rings is 1. The molecule has 0 saturated heterocycles. The molecule has 1 unspecified atom stereocenters. The average molecular weight is 277 g/mol. The molecule has 0 spiro atoms. The molecule has 0 heterocycles. The van der Waals surface area contributed by atoms with Crippen LogP contribution in [0.5, 0.6) is 0 Å². The fourth-order valence-corrected chi connectivity index (χ4v) is 1.52. The van der Waals surface area contributed by atoms with E-state index in [0.717, 1.165) is 5.56 Å². The number of nitrogens with zero attached hydrogens (tertiary/aromatic N) is 1. The SMILES string of the molecule is C[C@@H](NCC(C#N)C(F)(F)F)c1ccc(Cl)cc1. The second-order valence-electron chi connectivity index (χ2n) is 3.90. The molecule has 0 aliphatic carbocycles. The Labute approximate surface area is 108 Å². The molecule has 2 nitrogen and oxygen atoms in total. The molecule has 1 rings (SSSR count). The first-order valence-electron chi connectivity index (χ1n) is 5.29. The van der Waals surface area contributed by atoms with Crippen LogP contribution in [0.4, 0.5) is 13.2 Å². The van der Waals surface area contributed by atoms with Gasteiger partial charge in [-0.15, -0.1) is 0 Å². The van der Waals surface area contributed by atoms with Crippen LogP contribution in [-0.4, -0.2) is 12.7 Å². The molecule has 1 N–H and O–H groups in total. The van der Waals surface area contributed by atoms with Crippen molar-refractivity contribution in [2.24, 2.45) is 5.92 Å². The number of nitrogens with one attached hydrogen (secondary N) is 1. The highest BCUT2D eigenvalue weighted by atomic mass is 35.5. The van der Waals surface area contributed by atoms with Gasteiger partial charge in [0, 0.05) is 17.6 Å². The van der Waals surface area contributed by atoms with Gasteiger partial charge in [-0.05, 0) is 24.6 Å². The largest absolute Gasteiger partial charge is 0.405 e. The molecule has 2 atom stereocenters. The summed E-state index contributed by atoms with van der Waals surface area (Å²) >= 11 is 5.71. The topological polar surface area (TPSA) is 35.8 Å². The van der Waals surface area contributed by atoms with Gasteiger partial charge in [-0.3, -0.25) is 0 Å². The summed E-state index contributed by atoms with van der Waals surface area (Å²) in [7, 11) is 0. The summed E-state index contributed by atoms with van der Waals surface area (Å²) in [5, 5.41) is 11.7. The lowest BCUT2D eigenvalue weighted by molar-refractivity contribution is -0.157. The summed E-state index contributed by atoms with van der Waals surface area (Å²) < 4.78 is 37.0. The Morgan fingerprint density at radius 1 is 1.33 bits per heavy atom. The van der Waals surface area contributed by atoms with Gasteiger partial charge >= 0.3 is 6.18 Å². The summed E-state index contributed by atoms with van der Waals surface area (Å²) in [6.07, 6.45) is -4.50. The fourth-order valence-electron chi connectivity index (χ4n) is 1.40. The number of nitriles is 1. The number of alkyl halides is 3. The molecule has 1 aromatic carbocycles. The maximum atomic E-state index is 12.3. The maximum absolute atomic E-state index is 12.3. The van der Waals surface area contributed by atoms with Crippen LogP contribution in [0.2, 0.25) is 5.02 Å². The van der Waals surface area contributed by atoms with Crippen LogP contribution in [0.15, 0.2) is 24.3 Å². The Morgan fingerprint density at radius 3 is 2.33 bits per heavy atom. The first-order valence-corrected chi connectivity index (χ1v) is 5.67. The highest BCUT2D eigenvalue weighted by Crippen LogP contribution is 2.25. The lowest BCUT2D eigenvalue weighted by atomic mass is 10.1. The Balaban J connectivity index is 2.58. The van der Waals surface area contributed by atoms with Crippen LogP contribution in [0.1, 0.15) is 18.5 Å². The van der Waals surface area contributed by atoms with Crippen LogP contribution < -0.4 is 5.32 Å². The van der Waals surface area contributed by atoms with Gasteiger partial charge in [0.1, 0.15) is 0 Å². The minimum Gasteiger partial charge on any atom is -0.309 e. The normalized spacial score (nSPS) is 14.9. The van der Waals surface area contributed by atoms with Gasteiger partial charge in [-0.1, -0.05) is 23.7 Å². The zero-order valence-corrected chi connectivity index (χ0v) is 10.4. The van der Waals surface area contributed by atoms with Crippen molar-refractivity contribution in [1.29, 1.82) is 5.26 Å². The molecule has 0 saturated carbocycles. The zero-order chi connectivity index (χ0) is 13.8. The lowest BCUT2D eigenvalue weighted by Crippen LogP contribution is -2.33. The van der Waals surface area contributed by atoms with Crippen molar-refractivity contribution < 1.29 is 13.2 Å². The van der Waals surface area contributed by atoms with Gasteiger partial charge in [0.15, 0.2) is 5.92 Å². The minimum absolute atomic E-state index is 0.277. The van der Waals surface area contributed by atoms with E-state index in [1.165, 1.54) is 6.07 Å². The summed E-state index contributed by atoms with van der Waals surface area (Å²) in [5.41, 5.74) is 0.818. The molecule has 0 aromatic heterocycles. The molecule has 0 amide bonds. The number of rotatable bonds is 4. The van der Waals surface area contributed by atoms with E-state index in [4.69, 9.17) is 16.9 Å². The first kappa shape index (κ1) is 14.8. The smallest absolute Gasteiger partial charge is 0.309 e. The Hall–Kier alpha value is -1.25. The zero-order valence-electron chi connectivity index (χ0n) is 9.63. The molecule has 1 aromatic rings. The van der Waals surface area contributed by atoms with Crippen molar-refractivity contribution in [1.82, 2.24) is 5.32 Å². The third kappa shape index (κ3) is 4.21. The molecular formula is C12H12ClF3N2. The highest BCUT2D eigenvalue weighted by Gasteiger charge is 2.39. The molecule has 0 bridgehead atoms. The third-order valence-corrected chi connectivity index (χ3v) is 2.80. The molecule has 0 radical (unpaired) electrons. The average Bonchev–Trinajstić information content (AvgIpc) is 2.28. The molecule has 0 aliphatic rings. The van der Waals surface area contributed by atoms with E-state index in [2.05, 4.69) is 5.32 Å². The quantitative estimate of drug-likeness (QED) is 0.910. The molecular weight excluding hydrogens is 265 g/mol. The van der Waals surface area contributed by atoms with Crippen molar-refractivity contribution in [2.75, 3.05) is 6.54 Å². The minimum atomic E-state index is -4.50. The second-order valence-corrected chi connectivity index (χ2v) is 4.34. The highest BCUT2D eigenvalue weighted by molar-refractivity contribution is 6.30. The van der Waals surface area contributed by atoms with Crippen molar-refractivity contribution in [2.45, 2.75) is 19.1 Å². The van der Waals surface area contributed by atoms with E-state index in [-0.39, 0.29) is 6.04 Å². The number of hydrogen-bond acceptors (Lipinski definition) is 2. The predicted octanol–water partition coefficient (Wildman–Crippen LogP) is 3.69. The molecule has 6 heteroatoms. The maximum Gasteiger partial charge on any atom is 0.405 e. The van der Waals surface area contributed by atoms with Crippen molar-refractivity contribution in [3.63, 3.8) is 0 Å². The van der Waals surface area contributed by atoms with Gasteiger partial charge in [-0.2, -0.15) is 18.4 Å². The van der Waals surface area contributed by atoms with E-state index < -0.39 is 18.6 Å². The standard InChI is InChI=1S/C12H12ClF3N2/c1-8(9-2-4-11(13)5-3-9)18-7-10(6-17)12(14,15)16/h2-5,8,10,18H,7H2,1H3/t8-,10?/m1/s1. The Bertz CT molecular complexity index is 422. The number of hydrogen-bond donors (Lipinski definition) is 1. The summed E-state index contributed by atoms with van der Waals surface area (Å²) in [4.78, 5) is 0. The first-order chi connectivity index (χ1) is 8.34.